The number of benzene rings is 1. The number of amides is 1. The van der Waals surface area contributed by atoms with E-state index in [4.69, 9.17) is 4.74 Å². The summed E-state index contributed by atoms with van der Waals surface area (Å²) in [6.07, 6.45) is 0.979. The molecule has 0 spiro atoms. The van der Waals surface area contributed by atoms with Gasteiger partial charge in [-0.2, -0.15) is 0 Å². The molecule has 0 saturated carbocycles. The standard InChI is InChI=1S/C17H25N2O2P/c1-13-3-4-15-14(11-13)5-6-19(17(20)22-2)16(15)12-18-7-9-21-10-8-18/h3-4,11,16,22H,5-10,12H2,1-2H3. The molecule has 0 N–H and O–H groups in total. The van der Waals surface area contributed by atoms with Gasteiger partial charge in [0.25, 0.3) is 0 Å². The summed E-state index contributed by atoms with van der Waals surface area (Å²) in [4.78, 5) is 16.9. The zero-order valence-electron chi connectivity index (χ0n) is 13.5. The summed E-state index contributed by atoms with van der Waals surface area (Å²) in [6, 6.07) is 6.89. The molecule has 0 aliphatic carbocycles. The molecule has 0 aromatic heterocycles. The highest BCUT2D eigenvalue weighted by molar-refractivity contribution is 7.56. The van der Waals surface area contributed by atoms with Crippen LogP contribution in [0.1, 0.15) is 22.7 Å². The minimum Gasteiger partial charge on any atom is -0.379 e. The molecule has 1 saturated heterocycles. The fraction of sp³-hybridized carbons (Fsp3) is 0.588. The van der Waals surface area contributed by atoms with E-state index in [1.807, 2.05) is 6.66 Å². The molecular formula is C17H25N2O2P. The second kappa shape index (κ2) is 7.08. The topological polar surface area (TPSA) is 32.8 Å². The van der Waals surface area contributed by atoms with Crippen molar-refractivity contribution in [1.29, 1.82) is 0 Å². The molecule has 1 fully saturated rings. The third kappa shape index (κ3) is 3.34. The number of hydrogen-bond donors (Lipinski definition) is 0. The highest BCUT2D eigenvalue weighted by Gasteiger charge is 2.31. The van der Waals surface area contributed by atoms with Crippen molar-refractivity contribution in [3.05, 3.63) is 34.9 Å². The molecule has 2 aliphatic heterocycles. The molecule has 2 unspecified atom stereocenters. The lowest BCUT2D eigenvalue weighted by atomic mass is 9.91. The van der Waals surface area contributed by atoms with Gasteiger partial charge in [0.2, 0.25) is 5.65 Å². The molecule has 4 nitrogen and oxygen atoms in total. The molecule has 2 heterocycles. The number of fused-ring (bicyclic) bond motifs is 1. The van der Waals surface area contributed by atoms with E-state index in [0.29, 0.717) is 14.2 Å². The number of carbonyl (C=O) groups is 1. The molecule has 0 bridgehead atoms. The van der Waals surface area contributed by atoms with E-state index in [-0.39, 0.29) is 6.04 Å². The highest BCUT2D eigenvalue weighted by Crippen LogP contribution is 2.34. The number of morpholine rings is 1. The van der Waals surface area contributed by atoms with Crippen molar-refractivity contribution in [3.8, 4) is 0 Å². The predicted octanol–water partition coefficient (Wildman–Crippen LogP) is 2.65. The average molecular weight is 320 g/mol. The molecule has 120 valence electrons. The number of nitrogens with zero attached hydrogens (tertiary/aromatic N) is 2. The molecule has 5 heteroatoms. The van der Waals surface area contributed by atoms with Gasteiger partial charge in [-0.15, -0.1) is 0 Å². The Labute approximate surface area is 134 Å². The first-order valence-electron chi connectivity index (χ1n) is 8.07. The van der Waals surface area contributed by atoms with Crippen LogP contribution in [-0.2, 0) is 11.2 Å². The molecule has 2 aliphatic rings. The number of hydrogen-bond acceptors (Lipinski definition) is 3. The Morgan fingerprint density at radius 2 is 2.09 bits per heavy atom. The molecule has 1 amide bonds. The highest BCUT2D eigenvalue weighted by atomic mass is 31.1. The van der Waals surface area contributed by atoms with Crippen molar-refractivity contribution < 1.29 is 9.53 Å². The average Bonchev–Trinajstić information content (AvgIpc) is 2.55. The van der Waals surface area contributed by atoms with Gasteiger partial charge in [-0.3, -0.25) is 9.69 Å². The Kier molecular flexibility index (Phi) is 5.12. The van der Waals surface area contributed by atoms with Crippen molar-refractivity contribution in [2.24, 2.45) is 0 Å². The van der Waals surface area contributed by atoms with Crippen LogP contribution in [0, 0.1) is 6.92 Å². The van der Waals surface area contributed by atoms with Crippen LogP contribution < -0.4 is 0 Å². The Morgan fingerprint density at radius 3 is 2.82 bits per heavy atom. The van der Waals surface area contributed by atoms with Crippen LogP contribution in [-0.4, -0.2) is 61.5 Å². The van der Waals surface area contributed by atoms with Gasteiger partial charge in [-0.1, -0.05) is 23.8 Å². The minimum absolute atomic E-state index is 0.197. The van der Waals surface area contributed by atoms with Gasteiger partial charge in [0, 0.05) is 26.2 Å². The maximum atomic E-state index is 12.4. The monoisotopic (exact) mass is 320 g/mol. The fourth-order valence-electron chi connectivity index (χ4n) is 3.45. The summed E-state index contributed by atoms with van der Waals surface area (Å²) >= 11 is 0. The van der Waals surface area contributed by atoms with Crippen LogP contribution >= 0.6 is 8.58 Å². The van der Waals surface area contributed by atoms with Gasteiger partial charge in [-0.05, 0) is 39.7 Å². The van der Waals surface area contributed by atoms with Crippen molar-refractivity contribution in [1.82, 2.24) is 9.80 Å². The fourth-order valence-corrected chi connectivity index (χ4v) is 4.01. The lowest BCUT2D eigenvalue weighted by Gasteiger charge is -2.40. The van der Waals surface area contributed by atoms with E-state index >= 15 is 0 Å². The first-order valence-corrected chi connectivity index (χ1v) is 9.57. The molecule has 1 aromatic carbocycles. The predicted molar refractivity (Wildman–Crippen MR) is 91.2 cm³/mol. The zero-order valence-corrected chi connectivity index (χ0v) is 14.5. The zero-order chi connectivity index (χ0) is 15.5. The van der Waals surface area contributed by atoms with E-state index in [0.717, 1.165) is 45.8 Å². The molecule has 3 rings (SSSR count). The Balaban J connectivity index is 1.87. The van der Waals surface area contributed by atoms with Crippen molar-refractivity contribution >= 4 is 14.2 Å². The third-order valence-electron chi connectivity index (χ3n) is 4.67. The van der Waals surface area contributed by atoms with E-state index in [1.165, 1.54) is 16.7 Å². The van der Waals surface area contributed by atoms with Crippen LogP contribution in [0.25, 0.3) is 0 Å². The first-order chi connectivity index (χ1) is 10.7. The van der Waals surface area contributed by atoms with Gasteiger partial charge in [0.05, 0.1) is 19.3 Å². The van der Waals surface area contributed by atoms with Gasteiger partial charge >= 0.3 is 0 Å². The molecule has 1 aromatic rings. The summed E-state index contributed by atoms with van der Waals surface area (Å²) in [5.74, 6) is 0. The summed E-state index contributed by atoms with van der Waals surface area (Å²) in [7, 11) is 0.339. The Morgan fingerprint density at radius 1 is 1.32 bits per heavy atom. The van der Waals surface area contributed by atoms with E-state index in [9.17, 15) is 4.79 Å². The maximum absolute atomic E-state index is 12.4. The molecule has 2 atom stereocenters. The maximum Gasteiger partial charge on any atom is 0.240 e. The van der Waals surface area contributed by atoms with E-state index in [1.54, 1.807) is 0 Å². The molecular weight excluding hydrogens is 295 g/mol. The number of ether oxygens (including phenoxy) is 1. The van der Waals surface area contributed by atoms with Crippen LogP contribution in [0.5, 0.6) is 0 Å². The minimum atomic E-state index is 0.197. The van der Waals surface area contributed by atoms with Crippen LogP contribution in [0.2, 0.25) is 0 Å². The largest absolute Gasteiger partial charge is 0.379 e. The summed E-state index contributed by atoms with van der Waals surface area (Å²) in [5.41, 5.74) is 4.36. The lowest BCUT2D eigenvalue weighted by molar-refractivity contribution is 0.0260. The normalized spacial score (nSPS) is 23.0. The second-order valence-corrected chi connectivity index (χ2v) is 7.06. The molecule has 0 radical (unpaired) electrons. The summed E-state index contributed by atoms with van der Waals surface area (Å²) in [5, 5.41) is 0. The Bertz CT molecular complexity index is 543. The molecule has 22 heavy (non-hydrogen) atoms. The third-order valence-corrected chi connectivity index (χ3v) is 5.38. The van der Waals surface area contributed by atoms with Gasteiger partial charge in [0.1, 0.15) is 0 Å². The SMILES string of the molecule is CPC(=O)N1CCc2cc(C)ccc2C1CN1CCOCC1. The summed E-state index contributed by atoms with van der Waals surface area (Å²) < 4.78 is 5.45. The second-order valence-electron chi connectivity index (χ2n) is 6.13. The first kappa shape index (κ1) is 15.9. The van der Waals surface area contributed by atoms with Crippen LogP contribution in [0.4, 0.5) is 4.79 Å². The van der Waals surface area contributed by atoms with Gasteiger partial charge in [0.15, 0.2) is 0 Å². The van der Waals surface area contributed by atoms with Gasteiger partial charge in [-0.25, -0.2) is 0 Å². The van der Waals surface area contributed by atoms with Crippen molar-refractivity contribution in [3.63, 3.8) is 0 Å². The van der Waals surface area contributed by atoms with Crippen LogP contribution in [0.3, 0.4) is 0 Å². The number of carbonyl (C=O) groups excluding carboxylic acids is 1. The Hall–Kier alpha value is -0.960. The smallest absolute Gasteiger partial charge is 0.240 e. The van der Waals surface area contributed by atoms with E-state index in [2.05, 4.69) is 34.9 Å². The van der Waals surface area contributed by atoms with Crippen molar-refractivity contribution in [2.75, 3.05) is 46.1 Å². The van der Waals surface area contributed by atoms with E-state index < -0.39 is 0 Å². The summed E-state index contributed by atoms with van der Waals surface area (Å²) in [6.45, 7) is 9.44. The number of aryl methyl sites for hydroxylation is 1. The van der Waals surface area contributed by atoms with Gasteiger partial charge < -0.3 is 9.64 Å². The van der Waals surface area contributed by atoms with Crippen LogP contribution in [0.15, 0.2) is 18.2 Å². The van der Waals surface area contributed by atoms with Crippen molar-refractivity contribution in [2.45, 2.75) is 19.4 Å². The number of rotatable bonds is 3. The lowest BCUT2D eigenvalue weighted by Crippen LogP contribution is -2.46. The quantitative estimate of drug-likeness (QED) is 0.803.